The Morgan fingerprint density at radius 3 is 2.71 bits per heavy atom. The van der Waals surface area contributed by atoms with E-state index < -0.39 is 0 Å². The summed E-state index contributed by atoms with van der Waals surface area (Å²) in [7, 11) is 1.82. The number of hydrogen-bond donors (Lipinski definition) is 1. The fourth-order valence-corrected chi connectivity index (χ4v) is 3.88. The predicted molar refractivity (Wildman–Crippen MR) is 123 cm³/mol. The average Bonchev–Trinajstić information content (AvgIpc) is 3.20. The van der Waals surface area contributed by atoms with Crippen molar-refractivity contribution in [2.24, 2.45) is 4.99 Å². The lowest BCUT2D eigenvalue weighted by Crippen LogP contribution is -2.52. The molecule has 0 unspecified atom stereocenters. The summed E-state index contributed by atoms with van der Waals surface area (Å²) in [6.45, 7) is 5.43. The van der Waals surface area contributed by atoms with Gasteiger partial charge in [-0.05, 0) is 11.6 Å². The maximum absolute atomic E-state index is 13.6. The van der Waals surface area contributed by atoms with Gasteiger partial charge in [0.05, 0.1) is 5.69 Å². The van der Waals surface area contributed by atoms with Gasteiger partial charge in [0.1, 0.15) is 12.1 Å². The van der Waals surface area contributed by atoms with Gasteiger partial charge < -0.3 is 14.7 Å². The second-order valence-corrected chi connectivity index (χ2v) is 7.48. The molecule has 2 heterocycles. The van der Waals surface area contributed by atoms with Crippen LogP contribution in [0.15, 0.2) is 46.1 Å². The normalized spacial score (nSPS) is 15.4. The van der Waals surface area contributed by atoms with Crippen molar-refractivity contribution >= 4 is 41.7 Å². The minimum Gasteiger partial charge on any atom is -0.364 e. The number of halogens is 2. The molecule has 3 rings (SSSR count). The number of guanidine groups is 1. The Labute approximate surface area is 186 Å². The van der Waals surface area contributed by atoms with Gasteiger partial charge >= 0.3 is 0 Å². The third-order valence-electron chi connectivity index (χ3n) is 4.51. The Kier molecular flexibility index (Phi) is 10.1. The van der Waals surface area contributed by atoms with Gasteiger partial charge in [0.15, 0.2) is 5.96 Å². The van der Waals surface area contributed by atoms with Crippen LogP contribution in [0.5, 0.6) is 0 Å². The maximum Gasteiger partial charge on any atom is 0.193 e. The van der Waals surface area contributed by atoms with Crippen LogP contribution in [0.1, 0.15) is 11.3 Å². The fraction of sp³-hybridized carbons (Fsp3) is 0.474. The highest BCUT2D eigenvalue weighted by Crippen LogP contribution is 2.14. The molecular formula is C19H27FIN5OS. The number of aromatic nitrogens is 1. The second kappa shape index (κ2) is 12.3. The van der Waals surface area contributed by atoms with E-state index in [1.54, 1.807) is 24.1 Å². The van der Waals surface area contributed by atoms with Gasteiger partial charge in [-0.2, -0.15) is 11.8 Å². The Morgan fingerprint density at radius 1 is 1.25 bits per heavy atom. The lowest BCUT2D eigenvalue weighted by molar-refractivity contribution is 0.169. The van der Waals surface area contributed by atoms with E-state index in [0.717, 1.165) is 62.2 Å². The van der Waals surface area contributed by atoms with Crippen molar-refractivity contribution in [1.29, 1.82) is 0 Å². The zero-order valence-corrected chi connectivity index (χ0v) is 19.2. The lowest BCUT2D eigenvalue weighted by atomic mass is 10.2. The van der Waals surface area contributed by atoms with Crippen LogP contribution < -0.4 is 5.32 Å². The van der Waals surface area contributed by atoms with E-state index in [4.69, 9.17) is 4.52 Å². The Hall–Kier alpha value is -1.33. The van der Waals surface area contributed by atoms with E-state index in [2.05, 4.69) is 25.3 Å². The molecule has 1 N–H and O–H groups in total. The standard InChI is InChI=1S/C19H26FN5OS.HI/c1-21-19(22-7-13-27-15-16-4-2-3-5-18(16)20)25-10-8-24(9-11-25)14-17-6-12-26-23-17;/h2-6,12H,7-11,13-15H2,1H3,(H,21,22);1H. The number of nitrogens with one attached hydrogen (secondary N) is 1. The van der Waals surface area contributed by atoms with Crippen LogP contribution in [0.2, 0.25) is 0 Å². The summed E-state index contributed by atoms with van der Waals surface area (Å²) >= 11 is 1.72. The molecule has 0 amide bonds. The van der Waals surface area contributed by atoms with Gasteiger partial charge in [-0.25, -0.2) is 4.39 Å². The molecule has 1 aliphatic heterocycles. The molecule has 0 aliphatic carbocycles. The van der Waals surface area contributed by atoms with E-state index in [9.17, 15) is 4.39 Å². The van der Waals surface area contributed by atoms with E-state index in [1.165, 1.54) is 6.07 Å². The van der Waals surface area contributed by atoms with E-state index in [0.29, 0.717) is 5.75 Å². The molecule has 28 heavy (non-hydrogen) atoms. The number of hydrogen-bond acceptors (Lipinski definition) is 5. The molecule has 6 nitrogen and oxygen atoms in total. The van der Waals surface area contributed by atoms with Crippen LogP contribution in [0.4, 0.5) is 4.39 Å². The largest absolute Gasteiger partial charge is 0.364 e. The number of nitrogens with zero attached hydrogens (tertiary/aromatic N) is 4. The molecule has 2 aromatic rings. The van der Waals surface area contributed by atoms with Crippen molar-refractivity contribution in [3.63, 3.8) is 0 Å². The summed E-state index contributed by atoms with van der Waals surface area (Å²) in [6, 6.07) is 8.86. The zero-order valence-electron chi connectivity index (χ0n) is 16.0. The molecule has 1 fully saturated rings. The Morgan fingerprint density at radius 2 is 2.04 bits per heavy atom. The van der Waals surface area contributed by atoms with E-state index in [1.807, 2.05) is 25.2 Å². The summed E-state index contributed by atoms with van der Waals surface area (Å²) in [5, 5.41) is 7.39. The minimum absolute atomic E-state index is 0. The first-order valence-corrected chi connectivity index (χ1v) is 10.3. The van der Waals surface area contributed by atoms with Gasteiger partial charge in [-0.15, -0.1) is 24.0 Å². The zero-order chi connectivity index (χ0) is 18.9. The summed E-state index contributed by atoms with van der Waals surface area (Å²) in [5.74, 6) is 2.40. The van der Waals surface area contributed by atoms with Gasteiger partial charge in [0.25, 0.3) is 0 Å². The van der Waals surface area contributed by atoms with Crippen LogP contribution in [0, 0.1) is 5.82 Å². The molecule has 9 heteroatoms. The Balaban J connectivity index is 0.00000280. The average molecular weight is 519 g/mol. The highest BCUT2D eigenvalue weighted by atomic mass is 127. The number of piperazine rings is 1. The number of aliphatic imine (C=N–C) groups is 1. The topological polar surface area (TPSA) is 56.9 Å². The highest BCUT2D eigenvalue weighted by molar-refractivity contribution is 14.0. The third-order valence-corrected chi connectivity index (χ3v) is 5.51. The first-order chi connectivity index (χ1) is 13.3. The van der Waals surface area contributed by atoms with Crippen molar-refractivity contribution in [3.8, 4) is 0 Å². The summed E-state index contributed by atoms with van der Waals surface area (Å²) in [4.78, 5) is 9.04. The van der Waals surface area contributed by atoms with E-state index in [-0.39, 0.29) is 29.8 Å². The van der Waals surface area contributed by atoms with E-state index >= 15 is 0 Å². The summed E-state index contributed by atoms with van der Waals surface area (Å²) in [5.41, 5.74) is 1.73. The molecule has 0 spiro atoms. The number of rotatable bonds is 7. The third kappa shape index (κ3) is 6.93. The Bertz CT molecular complexity index is 723. The van der Waals surface area contributed by atoms with Gasteiger partial charge in [0, 0.05) is 63.9 Å². The van der Waals surface area contributed by atoms with Crippen LogP contribution in [-0.4, -0.2) is 66.4 Å². The number of benzene rings is 1. The summed E-state index contributed by atoms with van der Waals surface area (Å²) in [6.07, 6.45) is 1.61. The van der Waals surface area contributed by atoms with Crippen molar-refractivity contribution in [2.45, 2.75) is 12.3 Å². The van der Waals surface area contributed by atoms with Crippen molar-refractivity contribution in [1.82, 2.24) is 20.3 Å². The van der Waals surface area contributed by atoms with Crippen molar-refractivity contribution in [3.05, 3.63) is 53.7 Å². The van der Waals surface area contributed by atoms with Crippen LogP contribution in [0.3, 0.4) is 0 Å². The SMILES string of the molecule is CN=C(NCCSCc1ccccc1F)N1CCN(Cc2ccon2)CC1.I. The first-order valence-electron chi connectivity index (χ1n) is 9.14. The van der Waals surface area contributed by atoms with Crippen LogP contribution in [0.25, 0.3) is 0 Å². The van der Waals surface area contributed by atoms with Gasteiger partial charge in [-0.3, -0.25) is 9.89 Å². The maximum atomic E-state index is 13.6. The molecule has 0 bridgehead atoms. The molecule has 0 saturated carbocycles. The highest BCUT2D eigenvalue weighted by Gasteiger charge is 2.20. The predicted octanol–water partition coefficient (Wildman–Crippen LogP) is 3.06. The minimum atomic E-state index is -0.128. The molecule has 1 aromatic carbocycles. The lowest BCUT2D eigenvalue weighted by Gasteiger charge is -2.36. The quantitative estimate of drug-likeness (QED) is 0.263. The molecule has 154 valence electrons. The van der Waals surface area contributed by atoms with Crippen LogP contribution >= 0.6 is 35.7 Å². The van der Waals surface area contributed by atoms with Crippen LogP contribution in [-0.2, 0) is 12.3 Å². The van der Waals surface area contributed by atoms with Crippen molar-refractivity contribution in [2.75, 3.05) is 45.5 Å². The number of thioether (sulfide) groups is 1. The first kappa shape index (κ1) is 23.0. The molecule has 1 aliphatic rings. The molecular weight excluding hydrogens is 492 g/mol. The van der Waals surface area contributed by atoms with Gasteiger partial charge in [-0.1, -0.05) is 23.4 Å². The smallest absolute Gasteiger partial charge is 0.193 e. The molecule has 1 saturated heterocycles. The molecule has 0 radical (unpaired) electrons. The molecule has 1 aromatic heterocycles. The van der Waals surface area contributed by atoms with Crippen molar-refractivity contribution < 1.29 is 8.91 Å². The second-order valence-electron chi connectivity index (χ2n) is 6.37. The summed E-state index contributed by atoms with van der Waals surface area (Å²) < 4.78 is 18.5. The molecule has 0 atom stereocenters. The van der Waals surface area contributed by atoms with Gasteiger partial charge in [0.2, 0.25) is 0 Å². The fourth-order valence-electron chi connectivity index (χ4n) is 3.03. The monoisotopic (exact) mass is 519 g/mol.